The lowest BCUT2D eigenvalue weighted by Crippen LogP contribution is -2.25. The number of carbonyl (C=O) groups is 1. The number of benzene rings is 1. The highest BCUT2D eigenvalue weighted by Crippen LogP contribution is 2.36. The zero-order valence-electron chi connectivity index (χ0n) is 15.2. The normalized spacial score (nSPS) is 15.0. The van der Waals surface area contributed by atoms with Gasteiger partial charge < -0.3 is 4.74 Å². The highest BCUT2D eigenvalue weighted by atomic mass is 32.1. The van der Waals surface area contributed by atoms with Crippen LogP contribution in [0.4, 0.5) is 0 Å². The first kappa shape index (κ1) is 17.1. The largest absolute Gasteiger partial charge is 0.452 e. The number of thiophene rings is 1. The average molecular weight is 370 g/mol. The second-order valence-electron chi connectivity index (χ2n) is 6.88. The van der Waals surface area contributed by atoms with Crippen molar-refractivity contribution in [2.45, 2.75) is 45.8 Å². The standard InChI is InChI=1S/C20H22N2O3S/c1-12-14-8-4-5-10-16(14)26-18(12)13(2)25-19(23)17-15-9-6-7-11-22(15)20(24)21(17)3/h4-5,8,10,13H,6-7,9,11H2,1-3H3/t13-/m1/s1. The molecule has 2 aromatic heterocycles. The summed E-state index contributed by atoms with van der Waals surface area (Å²) in [7, 11) is 1.65. The Balaban J connectivity index is 1.66. The highest BCUT2D eigenvalue weighted by molar-refractivity contribution is 7.19. The summed E-state index contributed by atoms with van der Waals surface area (Å²) in [6.45, 7) is 4.64. The number of aryl methyl sites for hydroxylation is 1. The monoisotopic (exact) mass is 370 g/mol. The summed E-state index contributed by atoms with van der Waals surface area (Å²) in [6, 6.07) is 8.21. The van der Waals surface area contributed by atoms with Gasteiger partial charge in [0.15, 0.2) is 5.69 Å². The summed E-state index contributed by atoms with van der Waals surface area (Å²) in [5.41, 5.74) is 2.24. The van der Waals surface area contributed by atoms with Crippen molar-refractivity contribution in [3.63, 3.8) is 0 Å². The van der Waals surface area contributed by atoms with Gasteiger partial charge in [-0.05, 0) is 50.1 Å². The van der Waals surface area contributed by atoms with Crippen LogP contribution in [0.5, 0.6) is 0 Å². The fraction of sp³-hybridized carbons (Fsp3) is 0.400. The molecule has 0 radical (unpaired) electrons. The molecule has 1 aliphatic heterocycles. The molecule has 5 nitrogen and oxygen atoms in total. The summed E-state index contributed by atoms with van der Waals surface area (Å²) < 4.78 is 10.1. The molecule has 0 saturated carbocycles. The third-order valence-electron chi connectivity index (χ3n) is 5.22. The molecule has 3 heterocycles. The Morgan fingerprint density at radius 1 is 1.27 bits per heavy atom. The van der Waals surface area contributed by atoms with Gasteiger partial charge in [-0.1, -0.05) is 18.2 Å². The summed E-state index contributed by atoms with van der Waals surface area (Å²) >= 11 is 1.66. The second kappa shape index (κ2) is 6.43. The minimum Gasteiger partial charge on any atom is -0.452 e. The number of hydrogen-bond acceptors (Lipinski definition) is 4. The molecule has 0 bridgehead atoms. The van der Waals surface area contributed by atoms with Crippen LogP contribution in [0.1, 0.15) is 52.5 Å². The summed E-state index contributed by atoms with van der Waals surface area (Å²) in [5.74, 6) is -0.412. The van der Waals surface area contributed by atoms with Gasteiger partial charge in [-0.25, -0.2) is 9.59 Å². The third kappa shape index (κ3) is 2.60. The van der Waals surface area contributed by atoms with E-state index >= 15 is 0 Å². The molecule has 3 aromatic rings. The first-order valence-electron chi connectivity index (χ1n) is 8.96. The maximum Gasteiger partial charge on any atom is 0.357 e. The second-order valence-corrected chi connectivity index (χ2v) is 7.96. The maximum atomic E-state index is 12.9. The summed E-state index contributed by atoms with van der Waals surface area (Å²) in [6.07, 6.45) is 2.36. The molecule has 0 amide bonds. The Hall–Kier alpha value is -2.34. The van der Waals surface area contributed by atoms with Crippen LogP contribution in [0.2, 0.25) is 0 Å². The highest BCUT2D eigenvalue weighted by Gasteiger charge is 2.28. The van der Waals surface area contributed by atoms with E-state index < -0.39 is 5.97 Å². The van der Waals surface area contributed by atoms with Crippen LogP contribution in [0.15, 0.2) is 29.1 Å². The van der Waals surface area contributed by atoms with Gasteiger partial charge in [0.05, 0.1) is 5.69 Å². The Morgan fingerprint density at radius 2 is 2.04 bits per heavy atom. The molecule has 1 aromatic carbocycles. The maximum absolute atomic E-state index is 12.9. The van der Waals surface area contributed by atoms with E-state index in [1.807, 2.05) is 19.1 Å². The van der Waals surface area contributed by atoms with Crippen LogP contribution in [0, 0.1) is 6.92 Å². The SMILES string of the molecule is Cc1c([C@@H](C)OC(=O)c2c3n(c(=O)n2C)CCCC3)sc2ccccc12. The molecule has 0 saturated heterocycles. The van der Waals surface area contributed by atoms with E-state index in [4.69, 9.17) is 4.74 Å². The molecular formula is C20H22N2O3S. The molecule has 0 fully saturated rings. The lowest BCUT2D eigenvalue weighted by molar-refractivity contribution is 0.0330. The molecular weight excluding hydrogens is 348 g/mol. The van der Waals surface area contributed by atoms with Gasteiger partial charge in [-0.3, -0.25) is 9.13 Å². The summed E-state index contributed by atoms with van der Waals surface area (Å²) in [5, 5.41) is 1.20. The van der Waals surface area contributed by atoms with Crippen molar-refractivity contribution in [3.8, 4) is 0 Å². The fourth-order valence-electron chi connectivity index (χ4n) is 3.87. The Labute approximate surface area is 155 Å². The fourth-order valence-corrected chi connectivity index (χ4v) is 5.06. The van der Waals surface area contributed by atoms with Crippen molar-refractivity contribution in [2.75, 3.05) is 0 Å². The molecule has 0 aliphatic carbocycles. The molecule has 0 spiro atoms. The van der Waals surface area contributed by atoms with Crippen molar-refractivity contribution < 1.29 is 9.53 Å². The molecule has 26 heavy (non-hydrogen) atoms. The van der Waals surface area contributed by atoms with Gasteiger partial charge in [0.1, 0.15) is 6.10 Å². The van der Waals surface area contributed by atoms with Gasteiger partial charge in [0.2, 0.25) is 0 Å². The van der Waals surface area contributed by atoms with E-state index in [0.717, 1.165) is 35.4 Å². The smallest absolute Gasteiger partial charge is 0.357 e. The van der Waals surface area contributed by atoms with Gasteiger partial charge in [-0.2, -0.15) is 0 Å². The topological polar surface area (TPSA) is 53.2 Å². The molecule has 4 rings (SSSR count). The van der Waals surface area contributed by atoms with Gasteiger partial charge >= 0.3 is 11.7 Å². The quantitative estimate of drug-likeness (QED) is 0.656. The van der Waals surface area contributed by atoms with E-state index in [1.54, 1.807) is 23.0 Å². The Kier molecular flexibility index (Phi) is 4.23. The van der Waals surface area contributed by atoms with E-state index in [1.165, 1.54) is 14.7 Å². The van der Waals surface area contributed by atoms with Crippen molar-refractivity contribution in [1.29, 1.82) is 0 Å². The number of fused-ring (bicyclic) bond motifs is 2. The molecule has 6 heteroatoms. The van der Waals surface area contributed by atoms with E-state index in [0.29, 0.717) is 12.2 Å². The minimum absolute atomic E-state index is 0.127. The van der Waals surface area contributed by atoms with Crippen LogP contribution >= 0.6 is 11.3 Å². The number of ether oxygens (including phenoxy) is 1. The average Bonchev–Trinajstić information content (AvgIpc) is 3.11. The minimum atomic E-state index is -0.412. The number of nitrogens with zero attached hydrogens (tertiary/aromatic N) is 2. The number of imidazole rings is 1. The summed E-state index contributed by atoms with van der Waals surface area (Å²) in [4.78, 5) is 26.3. The van der Waals surface area contributed by atoms with Gasteiger partial charge in [0.25, 0.3) is 0 Å². The molecule has 0 N–H and O–H groups in total. The van der Waals surface area contributed by atoms with Gasteiger partial charge in [0, 0.05) is 23.2 Å². The number of aromatic nitrogens is 2. The Morgan fingerprint density at radius 3 is 2.81 bits per heavy atom. The predicted molar refractivity (Wildman–Crippen MR) is 103 cm³/mol. The molecule has 0 unspecified atom stereocenters. The first-order chi connectivity index (χ1) is 12.5. The Bertz CT molecular complexity index is 1060. The zero-order valence-corrected chi connectivity index (χ0v) is 16.1. The van der Waals surface area contributed by atoms with E-state index in [9.17, 15) is 9.59 Å². The predicted octanol–water partition coefficient (Wildman–Crippen LogP) is 3.96. The number of rotatable bonds is 3. The van der Waals surface area contributed by atoms with Crippen LogP contribution in [-0.4, -0.2) is 15.1 Å². The number of hydrogen-bond donors (Lipinski definition) is 0. The zero-order chi connectivity index (χ0) is 18.4. The third-order valence-corrected chi connectivity index (χ3v) is 6.66. The van der Waals surface area contributed by atoms with Crippen molar-refractivity contribution in [3.05, 3.63) is 56.6 Å². The molecule has 1 atom stereocenters. The number of esters is 1. The van der Waals surface area contributed by atoms with E-state index in [2.05, 4.69) is 19.1 Å². The van der Waals surface area contributed by atoms with E-state index in [-0.39, 0.29) is 11.8 Å². The van der Waals surface area contributed by atoms with Crippen LogP contribution in [0.25, 0.3) is 10.1 Å². The van der Waals surface area contributed by atoms with Crippen LogP contribution < -0.4 is 5.69 Å². The van der Waals surface area contributed by atoms with Crippen molar-refractivity contribution in [2.24, 2.45) is 7.05 Å². The molecule has 1 aliphatic rings. The van der Waals surface area contributed by atoms with Crippen LogP contribution in [-0.2, 0) is 24.8 Å². The van der Waals surface area contributed by atoms with Crippen LogP contribution in [0.3, 0.4) is 0 Å². The lowest BCUT2D eigenvalue weighted by atomic mass is 10.1. The first-order valence-corrected chi connectivity index (χ1v) is 9.78. The van der Waals surface area contributed by atoms with Crippen molar-refractivity contribution >= 4 is 27.4 Å². The van der Waals surface area contributed by atoms with Gasteiger partial charge in [-0.15, -0.1) is 11.3 Å². The molecule has 136 valence electrons. The lowest BCUT2D eigenvalue weighted by Gasteiger charge is -2.16. The van der Waals surface area contributed by atoms with Crippen molar-refractivity contribution in [1.82, 2.24) is 9.13 Å². The number of carbonyl (C=O) groups excluding carboxylic acids is 1.